The van der Waals surface area contributed by atoms with Crippen molar-refractivity contribution in [3.63, 3.8) is 0 Å². The molecule has 160 valence electrons. The first-order valence-electron chi connectivity index (χ1n) is 11.2. The molecule has 1 fully saturated rings. The van der Waals surface area contributed by atoms with E-state index in [1.165, 1.54) is 49.3 Å². The van der Waals surface area contributed by atoms with Gasteiger partial charge in [-0.25, -0.2) is 0 Å². The van der Waals surface area contributed by atoms with Gasteiger partial charge in [0.25, 0.3) is 0 Å². The topological polar surface area (TPSA) is 33.5 Å². The Hall–Kier alpha value is -1.85. The quantitative estimate of drug-likeness (QED) is 0.606. The lowest BCUT2D eigenvalue weighted by molar-refractivity contribution is 0.133. The minimum absolute atomic E-state index is 0.760. The van der Waals surface area contributed by atoms with E-state index in [0.717, 1.165) is 44.3 Å². The molecular formula is C24H38N4O. The molecule has 1 unspecified atom stereocenters. The zero-order chi connectivity index (χ0) is 20.6. The van der Waals surface area contributed by atoms with Gasteiger partial charge < -0.3 is 9.64 Å². The van der Waals surface area contributed by atoms with Crippen molar-refractivity contribution in [2.75, 3.05) is 39.8 Å². The third kappa shape index (κ3) is 6.06. The first-order chi connectivity index (χ1) is 14.1. The molecule has 1 atom stereocenters. The predicted octanol–water partition coefficient (Wildman–Crippen LogP) is 4.00. The Kier molecular flexibility index (Phi) is 8.13. The molecule has 3 rings (SSSR count). The van der Waals surface area contributed by atoms with Crippen molar-refractivity contribution in [2.45, 2.75) is 53.1 Å². The summed E-state index contributed by atoms with van der Waals surface area (Å²) in [5, 5.41) is 4.52. The van der Waals surface area contributed by atoms with Crippen LogP contribution in [0.1, 0.15) is 43.5 Å². The molecular weight excluding hydrogens is 360 g/mol. The number of rotatable bonds is 10. The lowest BCUT2D eigenvalue weighted by atomic mass is 9.96. The monoisotopic (exact) mass is 398 g/mol. The molecule has 1 aromatic heterocycles. The fourth-order valence-electron chi connectivity index (χ4n) is 4.49. The molecule has 0 N–H and O–H groups in total. The first-order valence-corrected chi connectivity index (χ1v) is 11.2. The van der Waals surface area contributed by atoms with Crippen LogP contribution in [0, 0.1) is 12.8 Å². The molecule has 0 bridgehead atoms. The number of hydrogen-bond donors (Lipinski definition) is 0. The summed E-state index contributed by atoms with van der Waals surface area (Å²) in [7, 11) is 1.74. The molecule has 0 radical (unpaired) electrons. The molecule has 1 saturated heterocycles. The standard InChI is InChI=1S/C24H38N4O/c1-5-26(19-23-16-25-28(6-2)20(23)3)17-22-10-8-13-27(18-22)14-12-21-9-7-11-24(15-21)29-4/h7,9,11,15-16,22H,5-6,8,10,12-14,17-19H2,1-4H3. The van der Waals surface area contributed by atoms with Gasteiger partial charge in [0.15, 0.2) is 0 Å². The fourth-order valence-corrected chi connectivity index (χ4v) is 4.49. The average Bonchev–Trinajstić information content (AvgIpc) is 3.11. The Morgan fingerprint density at radius 1 is 1.28 bits per heavy atom. The van der Waals surface area contributed by atoms with Gasteiger partial charge in [0.05, 0.1) is 13.3 Å². The maximum atomic E-state index is 5.36. The largest absolute Gasteiger partial charge is 0.497 e. The molecule has 1 aromatic carbocycles. The average molecular weight is 399 g/mol. The number of methoxy groups -OCH3 is 1. The van der Waals surface area contributed by atoms with Crippen LogP contribution in [0.2, 0.25) is 0 Å². The minimum Gasteiger partial charge on any atom is -0.497 e. The highest BCUT2D eigenvalue weighted by atomic mass is 16.5. The first kappa shape index (κ1) is 21.8. The van der Waals surface area contributed by atoms with E-state index < -0.39 is 0 Å². The molecule has 0 aliphatic carbocycles. The van der Waals surface area contributed by atoms with E-state index in [1.807, 2.05) is 6.07 Å². The third-order valence-electron chi connectivity index (χ3n) is 6.32. The van der Waals surface area contributed by atoms with Crippen molar-refractivity contribution >= 4 is 0 Å². The van der Waals surface area contributed by atoms with E-state index in [-0.39, 0.29) is 0 Å². The van der Waals surface area contributed by atoms with E-state index in [0.29, 0.717) is 0 Å². The van der Waals surface area contributed by atoms with E-state index in [4.69, 9.17) is 4.74 Å². The Bertz CT molecular complexity index is 757. The van der Waals surface area contributed by atoms with E-state index in [9.17, 15) is 0 Å². The maximum absolute atomic E-state index is 5.36. The normalized spacial score (nSPS) is 17.8. The van der Waals surface area contributed by atoms with Crippen molar-refractivity contribution < 1.29 is 4.74 Å². The zero-order valence-corrected chi connectivity index (χ0v) is 18.7. The number of likely N-dealkylation sites (tertiary alicyclic amines) is 1. The van der Waals surface area contributed by atoms with Gasteiger partial charge >= 0.3 is 0 Å². The smallest absolute Gasteiger partial charge is 0.119 e. The number of piperidine rings is 1. The summed E-state index contributed by atoms with van der Waals surface area (Å²) in [4.78, 5) is 5.25. The van der Waals surface area contributed by atoms with Crippen LogP contribution in [0.15, 0.2) is 30.5 Å². The van der Waals surface area contributed by atoms with E-state index in [2.05, 4.69) is 64.7 Å². The van der Waals surface area contributed by atoms with Gasteiger partial charge in [0.1, 0.15) is 5.75 Å². The predicted molar refractivity (Wildman–Crippen MR) is 119 cm³/mol. The summed E-state index contributed by atoms with van der Waals surface area (Å²) in [6, 6.07) is 8.49. The fraction of sp³-hybridized carbons (Fsp3) is 0.625. The lowest BCUT2D eigenvalue weighted by Crippen LogP contribution is -2.41. The molecule has 2 heterocycles. The number of hydrogen-bond acceptors (Lipinski definition) is 4. The number of benzene rings is 1. The van der Waals surface area contributed by atoms with Crippen LogP contribution in [0.25, 0.3) is 0 Å². The third-order valence-corrected chi connectivity index (χ3v) is 6.32. The van der Waals surface area contributed by atoms with E-state index >= 15 is 0 Å². The molecule has 0 spiro atoms. The van der Waals surface area contributed by atoms with Crippen LogP contribution in [-0.4, -0.2) is 59.4 Å². The Balaban J connectivity index is 1.50. The van der Waals surface area contributed by atoms with Crippen molar-refractivity contribution in [3.8, 4) is 5.75 Å². The van der Waals surface area contributed by atoms with Crippen molar-refractivity contribution in [2.24, 2.45) is 5.92 Å². The number of aromatic nitrogens is 2. The summed E-state index contributed by atoms with van der Waals surface area (Å²) in [6.45, 7) is 14.5. The molecule has 1 aliphatic heterocycles. The van der Waals surface area contributed by atoms with Gasteiger partial charge in [0, 0.05) is 44.0 Å². The van der Waals surface area contributed by atoms with Gasteiger partial charge in [-0.3, -0.25) is 9.58 Å². The summed E-state index contributed by atoms with van der Waals surface area (Å²) in [5.41, 5.74) is 4.05. The SMILES string of the molecule is CCN(Cc1cnn(CC)c1C)CC1CCCN(CCc2cccc(OC)c2)C1. The summed E-state index contributed by atoms with van der Waals surface area (Å²) in [6.07, 6.45) is 5.81. The summed E-state index contributed by atoms with van der Waals surface area (Å²) in [5.74, 6) is 1.72. The summed E-state index contributed by atoms with van der Waals surface area (Å²) >= 11 is 0. The highest BCUT2D eigenvalue weighted by Crippen LogP contribution is 2.20. The molecule has 1 aliphatic rings. The number of ether oxygens (including phenoxy) is 1. The van der Waals surface area contributed by atoms with Crippen LogP contribution >= 0.6 is 0 Å². The summed E-state index contributed by atoms with van der Waals surface area (Å²) < 4.78 is 7.46. The molecule has 5 nitrogen and oxygen atoms in total. The van der Waals surface area contributed by atoms with E-state index in [1.54, 1.807) is 7.11 Å². The van der Waals surface area contributed by atoms with Crippen LogP contribution in [0.3, 0.4) is 0 Å². The molecule has 2 aromatic rings. The molecule has 29 heavy (non-hydrogen) atoms. The second-order valence-electron chi connectivity index (χ2n) is 8.31. The van der Waals surface area contributed by atoms with Crippen molar-refractivity contribution in [3.05, 3.63) is 47.3 Å². The Morgan fingerprint density at radius 3 is 2.86 bits per heavy atom. The van der Waals surface area contributed by atoms with Gasteiger partial charge in [-0.15, -0.1) is 0 Å². The molecule has 5 heteroatoms. The number of nitrogens with zero attached hydrogens (tertiary/aromatic N) is 4. The van der Waals surface area contributed by atoms with Crippen molar-refractivity contribution in [1.29, 1.82) is 0 Å². The van der Waals surface area contributed by atoms with Gasteiger partial charge in [-0.05, 0) is 69.8 Å². The Morgan fingerprint density at radius 2 is 2.14 bits per heavy atom. The van der Waals surface area contributed by atoms with Crippen LogP contribution < -0.4 is 4.74 Å². The second-order valence-corrected chi connectivity index (χ2v) is 8.31. The Labute approximate surface area is 176 Å². The van der Waals surface area contributed by atoms with Gasteiger partial charge in [-0.2, -0.15) is 5.10 Å². The minimum atomic E-state index is 0.760. The lowest BCUT2D eigenvalue weighted by Gasteiger charge is -2.35. The highest BCUT2D eigenvalue weighted by molar-refractivity contribution is 5.28. The van der Waals surface area contributed by atoms with Crippen LogP contribution in [0.5, 0.6) is 5.75 Å². The second kappa shape index (κ2) is 10.8. The molecule has 0 saturated carbocycles. The van der Waals surface area contributed by atoms with Gasteiger partial charge in [0.2, 0.25) is 0 Å². The number of aryl methyl sites for hydroxylation is 1. The zero-order valence-electron chi connectivity index (χ0n) is 18.7. The maximum Gasteiger partial charge on any atom is 0.119 e. The van der Waals surface area contributed by atoms with Gasteiger partial charge in [-0.1, -0.05) is 19.1 Å². The van der Waals surface area contributed by atoms with Crippen LogP contribution in [-0.2, 0) is 19.5 Å². The molecule has 0 amide bonds. The van der Waals surface area contributed by atoms with Crippen molar-refractivity contribution in [1.82, 2.24) is 19.6 Å². The highest BCUT2D eigenvalue weighted by Gasteiger charge is 2.22. The van der Waals surface area contributed by atoms with Crippen LogP contribution in [0.4, 0.5) is 0 Å².